The lowest BCUT2D eigenvalue weighted by molar-refractivity contribution is 0.0787. The standard InChI is InChI=1S/C19H18BrN3O2S/c1-23(11-14-10-13(20)12-26-14)19(24)15-6-5-9-21-18(15)22-16-7-3-4-8-17(16)25-2/h3-10,12H,11H2,1-2H3,(H,21,22). The molecule has 2 aromatic heterocycles. The fraction of sp³-hybridized carbons (Fsp3) is 0.158. The number of anilines is 2. The van der Waals surface area contributed by atoms with E-state index < -0.39 is 0 Å². The van der Waals surface area contributed by atoms with Gasteiger partial charge >= 0.3 is 0 Å². The lowest BCUT2D eigenvalue weighted by atomic mass is 10.2. The van der Waals surface area contributed by atoms with E-state index in [0.717, 1.165) is 15.0 Å². The van der Waals surface area contributed by atoms with Crippen molar-refractivity contribution in [2.24, 2.45) is 0 Å². The maximum atomic E-state index is 12.9. The number of aromatic nitrogens is 1. The van der Waals surface area contributed by atoms with Gasteiger partial charge in [0.15, 0.2) is 0 Å². The molecule has 0 bridgehead atoms. The number of halogens is 1. The third kappa shape index (κ3) is 4.23. The average molecular weight is 432 g/mol. The molecule has 1 N–H and O–H groups in total. The van der Waals surface area contributed by atoms with Gasteiger partial charge in [-0.1, -0.05) is 12.1 Å². The Morgan fingerprint density at radius 2 is 2.12 bits per heavy atom. The molecule has 134 valence electrons. The number of rotatable bonds is 6. The zero-order chi connectivity index (χ0) is 18.5. The van der Waals surface area contributed by atoms with Gasteiger partial charge in [-0.15, -0.1) is 11.3 Å². The van der Waals surface area contributed by atoms with Crippen LogP contribution < -0.4 is 10.1 Å². The minimum absolute atomic E-state index is 0.0972. The molecule has 0 saturated heterocycles. The van der Waals surface area contributed by atoms with Crippen molar-refractivity contribution in [3.63, 3.8) is 0 Å². The summed E-state index contributed by atoms with van der Waals surface area (Å²) in [6.07, 6.45) is 1.66. The molecule has 0 aliphatic rings. The second-order valence-corrected chi connectivity index (χ2v) is 7.53. The molecule has 3 rings (SSSR count). The molecule has 0 aliphatic carbocycles. The van der Waals surface area contributed by atoms with E-state index in [1.807, 2.05) is 35.7 Å². The molecular weight excluding hydrogens is 414 g/mol. The van der Waals surface area contributed by atoms with Gasteiger partial charge < -0.3 is 15.0 Å². The van der Waals surface area contributed by atoms with Crippen LogP contribution in [-0.2, 0) is 6.54 Å². The van der Waals surface area contributed by atoms with Crippen molar-refractivity contribution in [1.29, 1.82) is 0 Å². The minimum atomic E-state index is -0.0972. The maximum Gasteiger partial charge on any atom is 0.257 e. The number of amides is 1. The van der Waals surface area contributed by atoms with Crippen LogP contribution in [-0.4, -0.2) is 29.9 Å². The van der Waals surface area contributed by atoms with Gasteiger partial charge in [0.2, 0.25) is 0 Å². The van der Waals surface area contributed by atoms with E-state index in [4.69, 9.17) is 4.74 Å². The molecular formula is C19H18BrN3O2S. The van der Waals surface area contributed by atoms with Crippen LogP contribution >= 0.6 is 27.3 Å². The molecule has 1 amide bonds. The van der Waals surface area contributed by atoms with Crippen LogP contribution in [0.2, 0.25) is 0 Å². The van der Waals surface area contributed by atoms with Crippen LogP contribution in [0.15, 0.2) is 58.5 Å². The van der Waals surface area contributed by atoms with Gasteiger partial charge in [-0.3, -0.25) is 4.79 Å². The second kappa shape index (κ2) is 8.33. The van der Waals surface area contributed by atoms with Crippen LogP contribution in [0.1, 0.15) is 15.2 Å². The average Bonchev–Trinajstić information content (AvgIpc) is 3.06. The number of carbonyl (C=O) groups excluding carboxylic acids is 1. The van der Waals surface area contributed by atoms with Crippen molar-refractivity contribution < 1.29 is 9.53 Å². The number of nitrogens with zero attached hydrogens (tertiary/aromatic N) is 2. The maximum absolute atomic E-state index is 12.9. The van der Waals surface area contributed by atoms with Crippen LogP contribution in [0.25, 0.3) is 0 Å². The normalized spacial score (nSPS) is 10.4. The monoisotopic (exact) mass is 431 g/mol. The van der Waals surface area contributed by atoms with Crippen molar-refractivity contribution >= 4 is 44.7 Å². The summed E-state index contributed by atoms with van der Waals surface area (Å²) in [5.41, 5.74) is 1.27. The first-order valence-corrected chi connectivity index (χ1v) is 9.59. The quantitative estimate of drug-likeness (QED) is 0.600. The molecule has 0 fully saturated rings. The lowest BCUT2D eigenvalue weighted by Crippen LogP contribution is -2.26. The fourth-order valence-corrected chi connectivity index (χ4v) is 4.00. The minimum Gasteiger partial charge on any atom is -0.495 e. The molecule has 0 aliphatic heterocycles. The first-order chi connectivity index (χ1) is 12.6. The molecule has 0 spiro atoms. The molecule has 0 atom stereocenters. The number of hydrogen-bond donors (Lipinski definition) is 1. The highest BCUT2D eigenvalue weighted by atomic mass is 79.9. The van der Waals surface area contributed by atoms with Crippen molar-refractivity contribution in [1.82, 2.24) is 9.88 Å². The Morgan fingerprint density at radius 1 is 1.31 bits per heavy atom. The second-order valence-electron chi connectivity index (χ2n) is 5.62. The van der Waals surface area contributed by atoms with Gasteiger partial charge in [0, 0.05) is 28.0 Å². The Labute approximate surface area is 164 Å². The number of hydrogen-bond acceptors (Lipinski definition) is 5. The van der Waals surface area contributed by atoms with Crippen molar-refractivity contribution in [2.45, 2.75) is 6.54 Å². The molecule has 0 unspecified atom stereocenters. The first kappa shape index (κ1) is 18.4. The summed E-state index contributed by atoms with van der Waals surface area (Å²) in [5, 5.41) is 5.21. The highest BCUT2D eigenvalue weighted by Gasteiger charge is 2.18. The SMILES string of the molecule is COc1ccccc1Nc1ncccc1C(=O)N(C)Cc1cc(Br)cs1. The molecule has 2 heterocycles. The van der Waals surface area contributed by atoms with E-state index >= 15 is 0 Å². The number of nitrogens with one attached hydrogen (secondary N) is 1. The lowest BCUT2D eigenvalue weighted by Gasteiger charge is -2.19. The van der Waals surface area contributed by atoms with Crippen molar-refractivity contribution in [2.75, 3.05) is 19.5 Å². The molecule has 3 aromatic rings. The molecule has 1 aromatic carbocycles. The Bertz CT molecular complexity index is 913. The summed E-state index contributed by atoms with van der Waals surface area (Å²) in [7, 11) is 3.40. The van der Waals surface area contributed by atoms with Gasteiger partial charge in [-0.05, 0) is 46.3 Å². The van der Waals surface area contributed by atoms with Gasteiger partial charge in [-0.2, -0.15) is 0 Å². The Kier molecular flexibility index (Phi) is 5.90. The summed E-state index contributed by atoms with van der Waals surface area (Å²) in [6.45, 7) is 0.540. The molecule has 0 saturated carbocycles. The zero-order valence-corrected chi connectivity index (χ0v) is 16.8. The number of benzene rings is 1. The smallest absolute Gasteiger partial charge is 0.257 e. The van der Waals surface area contributed by atoms with Crippen molar-refractivity contribution in [3.8, 4) is 5.75 Å². The summed E-state index contributed by atoms with van der Waals surface area (Å²) in [6, 6.07) is 13.1. The van der Waals surface area contributed by atoms with Crippen LogP contribution in [0.3, 0.4) is 0 Å². The Morgan fingerprint density at radius 3 is 2.85 bits per heavy atom. The summed E-state index contributed by atoms with van der Waals surface area (Å²) in [5.74, 6) is 1.09. The van der Waals surface area contributed by atoms with Gasteiger partial charge in [0.1, 0.15) is 11.6 Å². The third-order valence-electron chi connectivity index (χ3n) is 3.76. The third-order valence-corrected chi connectivity index (χ3v) is 5.44. The molecule has 0 radical (unpaired) electrons. The Hall–Kier alpha value is -2.38. The van der Waals surface area contributed by atoms with E-state index in [9.17, 15) is 4.79 Å². The van der Waals surface area contributed by atoms with Crippen LogP contribution in [0, 0.1) is 0 Å². The van der Waals surface area contributed by atoms with E-state index in [2.05, 4.69) is 26.2 Å². The number of thiophene rings is 1. The number of pyridine rings is 1. The highest BCUT2D eigenvalue weighted by Crippen LogP contribution is 2.28. The zero-order valence-electron chi connectivity index (χ0n) is 14.4. The number of carbonyl (C=O) groups is 1. The number of ether oxygens (including phenoxy) is 1. The Balaban J connectivity index is 1.83. The summed E-state index contributed by atoms with van der Waals surface area (Å²) >= 11 is 5.06. The van der Waals surface area contributed by atoms with Crippen LogP contribution in [0.4, 0.5) is 11.5 Å². The van der Waals surface area contributed by atoms with E-state index in [-0.39, 0.29) is 5.91 Å². The predicted octanol–water partition coefficient (Wildman–Crippen LogP) is 4.93. The summed E-state index contributed by atoms with van der Waals surface area (Å²) in [4.78, 5) is 20.1. The van der Waals surface area contributed by atoms with Gasteiger partial charge in [0.05, 0.1) is 24.9 Å². The molecule has 26 heavy (non-hydrogen) atoms. The topological polar surface area (TPSA) is 54.5 Å². The molecule has 5 nitrogen and oxygen atoms in total. The highest BCUT2D eigenvalue weighted by molar-refractivity contribution is 9.10. The van der Waals surface area contributed by atoms with Gasteiger partial charge in [0.25, 0.3) is 5.91 Å². The number of methoxy groups -OCH3 is 1. The fourth-order valence-electron chi connectivity index (χ4n) is 2.50. The number of para-hydroxylation sites is 2. The van der Waals surface area contributed by atoms with E-state index in [0.29, 0.717) is 23.7 Å². The van der Waals surface area contributed by atoms with Crippen LogP contribution in [0.5, 0.6) is 5.75 Å². The van der Waals surface area contributed by atoms with Crippen molar-refractivity contribution in [3.05, 3.63) is 69.0 Å². The van der Waals surface area contributed by atoms with E-state index in [1.165, 1.54) is 0 Å². The van der Waals surface area contributed by atoms with Gasteiger partial charge in [-0.25, -0.2) is 4.98 Å². The largest absolute Gasteiger partial charge is 0.495 e. The molecule has 7 heteroatoms. The predicted molar refractivity (Wildman–Crippen MR) is 108 cm³/mol. The first-order valence-electron chi connectivity index (χ1n) is 7.92. The van der Waals surface area contributed by atoms with E-state index in [1.54, 1.807) is 48.7 Å². The summed E-state index contributed by atoms with van der Waals surface area (Å²) < 4.78 is 6.38.